The highest BCUT2D eigenvalue weighted by molar-refractivity contribution is 5.89. The minimum atomic E-state index is -0.655. The maximum absolute atomic E-state index is 10.5. The number of nitrogens with one attached hydrogen (secondary N) is 3. The molecule has 0 aliphatic carbocycles. The Morgan fingerprint density at radius 3 is 2.90 bits per heavy atom. The van der Waals surface area contributed by atoms with Gasteiger partial charge in [-0.2, -0.15) is 0 Å². The highest BCUT2D eigenvalue weighted by Crippen LogP contribution is 1.88. The first-order valence-corrected chi connectivity index (χ1v) is 2.72. The fraction of sp³-hybridized carbons (Fsp3) is 0.500. The number of hydrogen-bond acceptors (Lipinski definition) is 3. The fourth-order valence-electron chi connectivity index (χ4n) is 0.691. The highest BCUT2D eigenvalue weighted by atomic mass is 16.5. The molecule has 0 aromatic rings. The number of urea groups is 1. The second-order valence-electron chi connectivity index (χ2n) is 1.88. The molecule has 0 spiro atoms. The summed E-state index contributed by atoms with van der Waals surface area (Å²) in [5, 5.41) is 12.7. The molecule has 1 unspecified atom stereocenters. The van der Waals surface area contributed by atoms with Crippen molar-refractivity contribution in [3.05, 3.63) is 0 Å². The third-order valence-electron chi connectivity index (χ3n) is 1.20. The average molecular weight is 145 g/mol. The van der Waals surface area contributed by atoms with Crippen LogP contribution in [0.2, 0.25) is 0 Å². The quantitative estimate of drug-likeness (QED) is 0.258. The van der Waals surface area contributed by atoms with Gasteiger partial charge in [-0.15, -0.1) is 0 Å². The molecule has 1 saturated heterocycles. The minimum Gasteiger partial charge on any atom is -0.336 e. The lowest BCUT2D eigenvalue weighted by Gasteiger charge is -2.03. The molecule has 3 amide bonds. The lowest BCUT2D eigenvalue weighted by Crippen LogP contribution is -2.41. The molecular formula is C4H7N3O3. The zero-order valence-corrected chi connectivity index (χ0v) is 5.05. The van der Waals surface area contributed by atoms with Gasteiger partial charge in [0.1, 0.15) is 6.04 Å². The normalized spacial score (nSPS) is 23.3. The molecule has 0 saturated carbocycles. The number of rotatable bonds is 1. The molecule has 0 aromatic heterocycles. The van der Waals surface area contributed by atoms with Crippen molar-refractivity contribution in [2.24, 2.45) is 0 Å². The summed E-state index contributed by atoms with van der Waals surface area (Å²) in [5.41, 5.74) is 1.43. The molecule has 0 bridgehead atoms. The van der Waals surface area contributed by atoms with Crippen LogP contribution in [0.5, 0.6) is 0 Å². The zero-order chi connectivity index (χ0) is 7.56. The maximum Gasteiger partial charge on any atom is 0.315 e. The van der Waals surface area contributed by atoms with E-state index >= 15 is 0 Å². The lowest BCUT2D eigenvalue weighted by molar-refractivity contribution is -0.130. The van der Waals surface area contributed by atoms with Crippen LogP contribution < -0.4 is 16.1 Å². The summed E-state index contributed by atoms with van der Waals surface area (Å²) in [4.78, 5) is 20.9. The third kappa shape index (κ3) is 1.16. The summed E-state index contributed by atoms with van der Waals surface area (Å²) in [6.45, 7) is 0.214. The number of hydroxylamine groups is 1. The Labute approximate surface area is 56.5 Å². The van der Waals surface area contributed by atoms with Gasteiger partial charge in [-0.1, -0.05) is 0 Å². The number of carbonyl (C=O) groups excluding carboxylic acids is 2. The minimum absolute atomic E-state index is 0.214. The molecule has 0 radical (unpaired) electrons. The van der Waals surface area contributed by atoms with Gasteiger partial charge in [-0.05, 0) is 0 Å². The van der Waals surface area contributed by atoms with Crippen molar-refractivity contribution < 1.29 is 14.8 Å². The van der Waals surface area contributed by atoms with Gasteiger partial charge in [0.25, 0.3) is 5.91 Å². The standard InChI is InChI=1S/C4H7N3O3/c8-3(7-10)2-1-5-4(9)6-2/h2,10H,1H2,(H,7,8)(H2,5,6,9). The van der Waals surface area contributed by atoms with Crippen LogP contribution in [0.3, 0.4) is 0 Å². The molecule has 1 aliphatic heterocycles. The first-order valence-electron chi connectivity index (χ1n) is 2.72. The SMILES string of the molecule is O=C1NCC(C(=O)NO)N1. The molecular weight excluding hydrogens is 138 g/mol. The van der Waals surface area contributed by atoms with Crippen LogP contribution >= 0.6 is 0 Å². The smallest absolute Gasteiger partial charge is 0.315 e. The van der Waals surface area contributed by atoms with Gasteiger partial charge in [-0.25, -0.2) is 10.3 Å². The summed E-state index contributed by atoms with van der Waals surface area (Å²) < 4.78 is 0. The van der Waals surface area contributed by atoms with Crippen molar-refractivity contribution in [3.8, 4) is 0 Å². The van der Waals surface area contributed by atoms with Crippen molar-refractivity contribution in [3.63, 3.8) is 0 Å². The van der Waals surface area contributed by atoms with Gasteiger partial charge in [0.2, 0.25) is 0 Å². The van der Waals surface area contributed by atoms with E-state index < -0.39 is 18.0 Å². The molecule has 10 heavy (non-hydrogen) atoms. The molecule has 6 nitrogen and oxygen atoms in total. The van der Waals surface area contributed by atoms with Gasteiger partial charge in [-0.3, -0.25) is 10.0 Å². The lowest BCUT2D eigenvalue weighted by atomic mass is 10.3. The Hall–Kier alpha value is -1.30. The van der Waals surface area contributed by atoms with Crippen LogP contribution in [0, 0.1) is 0 Å². The molecule has 1 heterocycles. The molecule has 4 N–H and O–H groups in total. The van der Waals surface area contributed by atoms with Gasteiger partial charge >= 0.3 is 6.03 Å². The summed E-state index contributed by atoms with van der Waals surface area (Å²) in [5.74, 6) is -0.613. The first-order chi connectivity index (χ1) is 4.74. The average Bonchev–Trinajstić information content (AvgIpc) is 2.34. The Bertz CT molecular complexity index is 169. The molecule has 1 rings (SSSR count). The van der Waals surface area contributed by atoms with E-state index in [1.807, 2.05) is 0 Å². The van der Waals surface area contributed by atoms with E-state index in [4.69, 9.17) is 5.21 Å². The van der Waals surface area contributed by atoms with Crippen molar-refractivity contribution in [1.82, 2.24) is 16.1 Å². The van der Waals surface area contributed by atoms with Gasteiger partial charge in [0.05, 0.1) is 0 Å². The van der Waals surface area contributed by atoms with E-state index in [0.717, 1.165) is 0 Å². The van der Waals surface area contributed by atoms with Crippen LogP contribution in [-0.4, -0.2) is 29.7 Å². The van der Waals surface area contributed by atoms with E-state index in [-0.39, 0.29) is 6.54 Å². The molecule has 0 aromatic carbocycles. The van der Waals surface area contributed by atoms with Crippen LogP contribution in [0.25, 0.3) is 0 Å². The molecule has 1 fully saturated rings. The largest absolute Gasteiger partial charge is 0.336 e. The summed E-state index contributed by atoms with van der Waals surface area (Å²) in [6, 6.07) is -1.05. The molecule has 6 heteroatoms. The van der Waals surface area contributed by atoms with E-state index in [1.54, 1.807) is 0 Å². The van der Waals surface area contributed by atoms with Gasteiger partial charge < -0.3 is 10.6 Å². The monoisotopic (exact) mass is 145 g/mol. The van der Waals surface area contributed by atoms with Crippen LogP contribution in [0.1, 0.15) is 0 Å². The van der Waals surface area contributed by atoms with E-state index in [9.17, 15) is 9.59 Å². The van der Waals surface area contributed by atoms with E-state index in [2.05, 4.69) is 10.6 Å². The highest BCUT2D eigenvalue weighted by Gasteiger charge is 2.25. The topological polar surface area (TPSA) is 90.5 Å². The van der Waals surface area contributed by atoms with Crippen LogP contribution in [0.15, 0.2) is 0 Å². The second-order valence-corrected chi connectivity index (χ2v) is 1.88. The fourth-order valence-corrected chi connectivity index (χ4v) is 0.691. The van der Waals surface area contributed by atoms with Crippen LogP contribution in [-0.2, 0) is 4.79 Å². The Balaban J connectivity index is 2.44. The number of carbonyl (C=O) groups is 2. The summed E-state index contributed by atoms with van der Waals surface area (Å²) >= 11 is 0. The first kappa shape index (κ1) is 6.81. The summed E-state index contributed by atoms with van der Waals surface area (Å²) in [6.07, 6.45) is 0. The molecule has 56 valence electrons. The predicted octanol–water partition coefficient (Wildman–Crippen LogP) is -1.83. The van der Waals surface area contributed by atoms with Crippen molar-refractivity contribution in [2.45, 2.75) is 6.04 Å². The van der Waals surface area contributed by atoms with Crippen LogP contribution in [0.4, 0.5) is 4.79 Å². The Kier molecular flexibility index (Phi) is 1.72. The third-order valence-corrected chi connectivity index (χ3v) is 1.20. The second kappa shape index (κ2) is 2.53. The van der Waals surface area contributed by atoms with Crippen molar-refractivity contribution in [1.29, 1.82) is 0 Å². The number of amides is 3. The van der Waals surface area contributed by atoms with Crippen molar-refractivity contribution in [2.75, 3.05) is 6.54 Å². The van der Waals surface area contributed by atoms with E-state index in [0.29, 0.717) is 0 Å². The number of hydrogen-bond donors (Lipinski definition) is 4. The van der Waals surface area contributed by atoms with E-state index in [1.165, 1.54) is 5.48 Å². The Morgan fingerprint density at radius 1 is 1.80 bits per heavy atom. The Morgan fingerprint density at radius 2 is 2.50 bits per heavy atom. The zero-order valence-electron chi connectivity index (χ0n) is 5.05. The maximum atomic E-state index is 10.5. The van der Waals surface area contributed by atoms with Crippen molar-refractivity contribution >= 4 is 11.9 Å². The molecule has 1 aliphatic rings. The van der Waals surface area contributed by atoms with Gasteiger partial charge in [0, 0.05) is 6.54 Å². The summed E-state index contributed by atoms with van der Waals surface area (Å²) in [7, 11) is 0. The predicted molar refractivity (Wildman–Crippen MR) is 30.3 cm³/mol. The molecule has 1 atom stereocenters. The van der Waals surface area contributed by atoms with Gasteiger partial charge in [0.15, 0.2) is 0 Å².